The average molecular weight is 426 g/mol. The summed E-state index contributed by atoms with van der Waals surface area (Å²) in [5, 5.41) is 1.78. The van der Waals surface area contributed by atoms with Crippen LogP contribution in [-0.4, -0.2) is 22.1 Å². The van der Waals surface area contributed by atoms with Gasteiger partial charge in [-0.3, -0.25) is 9.59 Å². The molecule has 3 rings (SSSR count). The first-order chi connectivity index (χ1) is 12.1. The van der Waals surface area contributed by atoms with Gasteiger partial charge in [0.05, 0.1) is 16.7 Å². The third-order valence-electron chi connectivity index (χ3n) is 3.59. The van der Waals surface area contributed by atoms with Crippen molar-refractivity contribution in [1.82, 2.24) is 9.97 Å². The van der Waals surface area contributed by atoms with Crippen LogP contribution in [0.1, 0.15) is 5.56 Å². The third kappa shape index (κ3) is 3.62. The maximum atomic E-state index is 12.6. The summed E-state index contributed by atoms with van der Waals surface area (Å²) in [6.07, 6.45) is -5.05. The number of hydrogen-bond donors (Lipinski definition) is 2. The van der Waals surface area contributed by atoms with E-state index in [2.05, 4.69) is 25.9 Å². The lowest BCUT2D eigenvalue weighted by atomic mass is 10.1. The number of rotatable bonds is 2. The number of carbonyl (C=O) groups excluding carboxylic acids is 1. The second-order valence-corrected chi connectivity index (χ2v) is 6.49. The number of benzene rings is 2. The van der Waals surface area contributed by atoms with Crippen molar-refractivity contribution in [2.24, 2.45) is 0 Å². The van der Waals surface area contributed by atoms with Gasteiger partial charge in [-0.05, 0) is 42.8 Å². The van der Waals surface area contributed by atoms with E-state index in [0.717, 1.165) is 5.56 Å². The molecule has 2 N–H and O–H groups in total. The number of H-pyrrole nitrogens is 1. The molecule has 0 spiro atoms. The number of nitrogens with zero attached hydrogens (tertiary/aromatic N) is 1. The van der Waals surface area contributed by atoms with E-state index in [0.29, 0.717) is 15.5 Å². The maximum absolute atomic E-state index is 12.6. The van der Waals surface area contributed by atoms with Crippen molar-refractivity contribution < 1.29 is 18.0 Å². The average Bonchev–Trinajstić information content (AvgIpc) is 2.55. The molecule has 26 heavy (non-hydrogen) atoms. The van der Waals surface area contributed by atoms with E-state index >= 15 is 0 Å². The minimum atomic E-state index is -5.05. The number of hydrogen-bond acceptors (Lipinski definition) is 3. The number of fused-ring (bicyclic) bond motifs is 1. The van der Waals surface area contributed by atoms with Crippen LogP contribution in [0.5, 0.6) is 0 Å². The molecule has 0 unspecified atom stereocenters. The molecule has 3 aromatic rings. The van der Waals surface area contributed by atoms with E-state index in [1.165, 1.54) is 18.2 Å². The third-order valence-corrected chi connectivity index (χ3v) is 4.08. The number of aromatic nitrogens is 2. The zero-order valence-corrected chi connectivity index (χ0v) is 14.8. The van der Waals surface area contributed by atoms with Gasteiger partial charge in [-0.1, -0.05) is 22.0 Å². The van der Waals surface area contributed by atoms with Crippen LogP contribution in [0, 0.1) is 6.92 Å². The van der Waals surface area contributed by atoms with Crippen molar-refractivity contribution in [2.45, 2.75) is 13.1 Å². The maximum Gasteiger partial charge on any atom is 0.471 e. The molecule has 0 aliphatic heterocycles. The Bertz CT molecular complexity index is 1080. The highest BCUT2D eigenvalue weighted by molar-refractivity contribution is 9.10. The minimum absolute atomic E-state index is 0.0701. The van der Waals surface area contributed by atoms with Gasteiger partial charge in [0, 0.05) is 10.0 Å². The van der Waals surface area contributed by atoms with E-state index < -0.39 is 17.6 Å². The molecule has 0 fully saturated rings. The molecular weight excluding hydrogens is 415 g/mol. The molecule has 0 radical (unpaired) electrons. The molecule has 0 aliphatic rings. The smallest absolute Gasteiger partial charge is 0.319 e. The van der Waals surface area contributed by atoms with Crippen LogP contribution in [0.15, 0.2) is 45.7 Å². The Labute approximate surface area is 153 Å². The Morgan fingerprint density at radius 1 is 1.19 bits per heavy atom. The predicted octanol–water partition coefficient (Wildman–Crippen LogP) is 4.16. The van der Waals surface area contributed by atoms with Crippen LogP contribution in [-0.2, 0) is 4.79 Å². The zero-order chi connectivity index (χ0) is 19.1. The molecule has 5 nitrogen and oxygen atoms in total. The fourth-order valence-electron chi connectivity index (χ4n) is 2.40. The minimum Gasteiger partial charge on any atom is -0.319 e. The van der Waals surface area contributed by atoms with Gasteiger partial charge in [0.2, 0.25) is 0 Å². The van der Waals surface area contributed by atoms with Gasteiger partial charge in [0.25, 0.3) is 5.56 Å². The molecule has 2 aromatic carbocycles. The highest BCUT2D eigenvalue weighted by Crippen LogP contribution is 2.30. The van der Waals surface area contributed by atoms with Crippen molar-refractivity contribution in [1.29, 1.82) is 0 Å². The fourth-order valence-corrected chi connectivity index (χ4v) is 2.76. The summed E-state index contributed by atoms with van der Waals surface area (Å²) in [5.41, 5.74) is 1.13. The largest absolute Gasteiger partial charge is 0.471 e. The number of alkyl halides is 3. The number of amides is 1. The van der Waals surface area contributed by atoms with E-state index in [9.17, 15) is 22.8 Å². The molecule has 0 atom stereocenters. The molecule has 0 bridgehead atoms. The SMILES string of the molecule is Cc1ccc2nc(-c3cc(Br)ccc3NC(=O)C(F)(F)F)c(=O)[nH]c2c1. The molecular formula is C17H11BrF3N3O2. The first-order valence-electron chi connectivity index (χ1n) is 7.34. The summed E-state index contributed by atoms with van der Waals surface area (Å²) in [5.74, 6) is -2.13. The van der Waals surface area contributed by atoms with Crippen LogP contribution in [0.3, 0.4) is 0 Å². The van der Waals surface area contributed by atoms with Gasteiger partial charge in [-0.15, -0.1) is 0 Å². The van der Waals surface area contributed by atoms with Gasteiger partial charge < -0.3 is 10.3 Å². The van der Waals surface area contributed by atoms with E-state index in [4.69, 9.17) is 0 Å². The highest BCUT2D eigenvalue weighted by Gasteiger charge is 2.39. The van der Waals surface area contributed by atoms with Gasteiger partial charge in [0.15, 0.2) is 0 Å². The molecule has 9 heteroatoms. The highest BCUT2D eigenvalue weighted by atomic mass is 79.9. The molecule has 0 saturated heterocycles. The van der Waals surface area contributed by atoms with E-state index in [1.54, 1.807) is 23.5 Å². The number of aryl methyl sites for hydroxylation is 1. The molecule has 0 aliphatic carbocycles. The Morgan fingerprint density at radius 3 is 2.62 bits per heavy atom. The van der Waals surface area contributed by atoms with Gasteiger partial charge in [-0.25, -0.2) is 4.98 Å². The Morgan fingerprint density at radius 2 is 1.92 bits per heavy atom. The van der Waals surface area contributed by atoms with Crippen molar-refractivity contribution in [3.63, 3.8) is 0 Å². The topological polar surface area (TPSA) is 74.8 Å². The van der Waals surface area contributed by atoms with Gasteiger partial charge >= 0.3 is 12.1 Å². The lowest BCUT2D eigenvalue weighted by Crippen LogP contribution is -2.30. The second-order valence-electron chi connectivity index (χ2n) is 5.58. The Hall–Kier alpha value is -2.68. The van der Waals surface area contributed by atoms with Crippen LogP contribution in [0.2, 0.25) is 0 Å². The van der Waals surface area contributed by atoms with Crippen LogP contribution in [0.25, 0.3) is 22.3 Å². The monoisotopic (exact) mass is 425 g/mol. The lowest BCUT2D eigenvalue weighted by Gasteiger charge is -2.13. The number of halogens is 4. The molecule has 0 saturated carbocycles. The summed E-state index contributed by atoms with van der Waals surface area (Å²) < 4.78 is 38.2. The normalized spacial score (nSPS) is 11.6. The molecule has 134 valence electrons. The number of nitrogens with one attached hydrogen (secondary N) is 2. The van der Waals surface area contributed by atoms with Gasteiger partial charge in [0.1, 0.15) is 5.69 Å². The van der Waals surface area contributed by atoms with Crippen molar-refractivity contribution in [3.8, 4) is 11.3 Å². The van der Waals surface area contributed by atoms with Crippen LogP contribution >= 0.6 is 15.9 Å². The Balaban J connectivity index is 2.17. The summed E-state index contributed by atoms with van der Waals surface area (Å²) in [6.45, 7) is 1.85. The number of aromatic amines is 1. The first kappa shape index (κ1) is 18.1. The number of carbonyl (C=O) groups is 1. The van der Waals surface area contributed by atoms with Crippen molar-refractivity contribution in [2.75, 3.05) is 5.32 Å². The van der Waals surface area contributed by atoms with Crippen LogP contribution < -0.4 is 10.9 Å². The fraction of sp³-hybridized carbons (Fsp3) is 0.118. The number of anilines is 1. The van der Waals surface area contributed by atoms with Crippen molar-refractivity contribution >= 4 is 38.6 Å². The lowest BCUT2D eigenvalue weighted by molar-refractivity contribution is -0.167. The van der Waals surface area contributed by atoms with E-state index in [1.807, 2.05) is 6.92 Å². The first-order valence-corrected chi connectivity index (χ1v) is 8.13. The molecule has 1 aromatic heterocycles. The summed E-state index contributed by atoms with van der Waals surface area (Å²) in [4.78, 5) is 30.6. The van der Waals surface area contributed by atoms with E-state index in [-0.39, 0.29) is 16.9 Å². The zero-order valence-electron chi connectivity index (χ0n) is 13.2. The summed E-state index contributed by atoms with van der Waals surface area (Å²) in [7, 11) is 0. The van der Waals surface area contributed by atoms with Crippen LogP contribution in [0.4, 0.5) is 18.9 Å². The summed E-state index contributed by atoms with van der Waals surface area (Å²) >= 11 is 3.21. The van der Waals surface area contributed by atoms with Crippen molar-refractivity contribution in [3.05, 3.63) is 56.8 Å². The standard InChI is InChI=1S/C17H11BrF3N3O2/c1-8-2-4-12-13(6-8)23-15(25)14(22-12)10-7-9(18)3-5-11(10)24-16(26)17(19,20)21/h2-7H,1H3,(H,23,25)(H,24,26). The quantitative estimate of drug-likeness (QED) is 0.647. The molecule has 1 amide bonds. The molecule has 1 heterocycles. The second kappa shape index (κ2) is 6.56. The van der Waals surface area contributed by atoms with Gasteiger partial charge in [-0.2, -0.15) is 13.2 Å². The summed E-state index contributed by atoms with van der Waals surface area (Å²) in [6, 6.07) is 9.36. The Kier molecular flexibility index (Phi) is 4.57. The predicted molar refractivity (Wildman–Crippen MR) is 94.9 cm³/mol.